The summed E-state index contributed by atoms with van der Waals surface area (Å²) in [5, 5.41) is 3.38. The van der Waals surface area contributed by atoms with Crippen LogP contribution in [0.5, 0.6) is 0 Å². The van der Waals surface area contributed by atoms with E-state index < -0.39 is 0 Å². The Morgan fingerprint density at radius 1 is 1.21 bits per heavy atom. The van der Waals surface area contributed by atoms with E-state index in [1.165, 1.54) is 0 Å². The molecule has 6 heteroatoms. The molecule has 0 atom stereocenters. The molecule has 0 bridgehead atoms. The Bertz CT molecular complexity index is 647. The average Bonchev–Trinajstić information content (AvgIpc) is 2.38. The van der Waals surface area contributed by atoms with Crippen LogP contribution in [-0.2, 0) is 0 Å². The number of benzene rings is 2. The largest absolute Gasteiger partial charge is 0.399 e. The van der Waals surface area contributed by atoms with E-state index in [0.717, 1.165) is 0 Å². The van der Waals surface area contributed by atoms with Gasteiger partial charge in [0.05, 0.1) is 21.3 Å². The molecule has 0 aliphatic heterocycles. The van der Waals surface area contributed by atoms with Crippen LogP contribution in [0.4, 0.5) is 11.4 Å². The number of hydrogen-bond donors (Lipinski definition) is 2. The maximum Gasteiger partial charge on any atom is 0.256 e. The molecule has 0 unspecified atom stereocenters. The lowest BCUT2D eigenvalue weighted by atomic mass is 10.2. The van der Waals surface area contributed by atoms with Gasteiger partial charge in [0, 0.05) is 10.2 Å². The minimum atomic E-state index is -0.316. The van der Waals surface area contributed by atoms with Gasteiger partial charge in [0.25, 0.3) is 5.91 Å². The number of amides is 1. The Morgan fingerprint density at radius 3 is 2.68 bits per heavy atom. The molecule has 0 fully saturated rings. The Kier molecular flexibility index (Phi) is 4.34. The number of nitrogens with one attached hydrogen (secondary N) is 1. The van der Waals surface area contributed by atoms with Gasteiger partial charge in [-0.1, -0.05) is 29.3 Å². The summed E-state index contributed by atoms with van der Waals surface area (Å²) in [4.78, 5) is 12.2. The second-order valence-corrected chi connectivity index (χ2v) is 5.43. The van der Waals surface area contributed by atoms with Gasteiger partial charge in [0.15, 0.2) is 0 Å². The van der Waals surface area contributed by atoms with Crippen molar-refractivity contribution in [3.8, 4) is 0 Å². The maximum atomic E-state index is 12.2. The van der Waals surface area contributed by atoms with Crippen molar-refractivity contribution in [1.82, 2.24) is 0 Å². The number of nitrogen functional groups attached to an aromatic ring is 1. The molecule has 2 rings (SSSR count). The van der Waals surface area contributed by atoms with Crippen LogP contribution in [0.2, 0.25) is 10.0 Å². The Hall–Kier alpha value is -1.23. The second-order valence-electron chi connectivity index (χ2n) is 3.79. The van der Waals surface area contributed by atoms with Gasteiger partial charge in [-0.3, -0.25) is 4.79 Å². The third-order valence-electron chi connectivity index (χ3n) is 2.43. The first-order valence-corrected chi connectivity index (χ1v) is 6.84. The first-order chi connectivity index (χ1) is 8.99. The van der Waals surface area contributed by atoms with Gasteiger partial charge in [-0.05, 0) is 46.3 Å². The second kappa shape index (κ2) is 5.82. The minimum Gasteiger partial charge on any atom is -0.399 e. The van der Waals surface area contributed by atoms with Gasteiger partial charge in [0.1, 0.15) is 0 Å². The van der Waals surface area contributed by atoms with E-state index in [9.17, 15) is 4.79 Å². The molecule has 3 N–H and O–H groups in total. The summed E-state index contributed by atoms with van der Waals surface area (Å²) >= 11 is 15.2. The molecule has 0 radical (unpaired) electrons. The molecule has 1 amide bonds. The molecule has 2 aromatic carbocycles. The zero-order chi connectivity index (χ0) is 14.0. The van der Waals surface area contributed by atoms with Crippen molar-refractivity contribution in [1.29, 1.82) is 0 Å². The molecular weight excluding hydrogens is 351 g/mol. The van der Waals surface area contributed by atoms with Crippen LogP contribution in [-0.4, -0.2) is 5.91 Å². The van der Waals surface area contributed by atoms with Crippen LogP contribution < -0.4 is 11.1 Å². The van der Waals surface area contributed by atoms with E-state index in [2.05, 4.69) is 21.2 Å². The molecule has 3 nitrogen and oxygen atoms in total. The fourth-order valence-corrected chi connectivity index (χ4v) is 2.28. The van der Waals surface area contributed by atoms with Crippen molar-refractivity contribution in [3.05, 3.63) is 56.5 Å². The van der Waals surface area contributed by atoms with Crippen LogP contribution in [0, 0.1) is 0 Å². The van der Waals surface area contributed by atoms with Gasteiger partial charge in [0.2, 0.25) is 0 Å². The summed E-state index contributed by atoms with van der Waals surface area (Å²) in [5.74, 6) is -0.316. The lowest BCUT2D eigenvalue weighted by molar-refractivity contribution is 0.102. The Labute approximate surface area is 128 Å². The highest BCUT2D eigenvalue weighted by atomic mass is 79.9. The predicted octanol–water partition coefficient (Wildman–Crippen LogP) is 4.59. The standard InChI is InChI=1S/C13H9BrCl2N2O/c14-9-5-4-7(17)6-8(9)13(19)18-11-3-1-2-10(15)12(11)16/h1-6H,17H2,(H,18,19). The number of anilines is 2. The SMILES string of the molecule is Nc1ccc(Br)c(C(=O)Nc2cccc(Cl)c2Cl)c1. The predicted molar refractivity (Wildman–Crippen MR) is 83.0 cm³/mol. The van der Waals surface area contributed by atoms with Crippen LogP contribution >= 0.6 is 39.1 Å². The van der Waals surface area contributed by atoms with Gasteiger partial charge < -0.3 is 11.1 Å². The summed E-state index contributed by atoms with van der Waals surface area (Å²) in [6.07, 6.45) is 0. The zero-order valence-corrected chi connectivity index (χ0v) is 12.7. The molecule has 0 saturated carbocycles. The van der Waals surface area contributed by atoms with Crippen molar-refractivity contribution < 1.29 is 4.79 Å². The number of carbonyl (C=O) groups excluding carboxylic acids is 1. The van der Waals surface area contributed by atoms with Crippen LogP contribution in [0.1, 0.15) is 10.4 Å². The number of nitrogens with two attached hydrogens (primary N) is 1. The molecule has 0 aliphatic rings. The Morgan fingerprint density at radius 2 is 1.95 bits per heavy atom. The molecule has 0 spiro atoms. The summed E-state index contributed by atoms with van der Waals surface area (Å²) in [6.45, 7) is 0. The first-order valence-electron chi connectivity index (χ1n) is 5.29. The van der Waals surface area contributed by atoms with Crippen molar-refractivity contribution in [2.75, 3.05) is 11.1 Å². The lowest BCUT2D eigenvalue weighted by Crippen LogP contribution is -2.13. The number of halogens is 3. The third kappa shape index (κ3) is 3.21. The highest BCUT2D eigenvalue weighted by molar-refractivity contribution is 9.10. The summed E-state index contributed by atoms with van der Waals surface area (Å²) < 4.78 is 0.650. The van der Waals surface area contributed by atoms with Crippen LogP contribution in [0.3, 0.4) is 0 Å². The van der Waals surface area contributed by atoms with Crippen molar-refractivity contribution >= 4 is 56.4 Å². The monoisotopic (exact) mass is 358 g/mol. The summed E-state index contributed by atoms with van der Waals surface area (Å²) in [5.41, 5.74) is 7.05. The fourth-order valence-electron chi connectivity index (χ4n) is 1.51. The normalized spacial score (nSPS) is 10.3. The van der Waals surface area contributed by atoms with E-state index in [4.69, 9.17) is 28.9 Å². The van der Waals surface area contributed by atoms with Gasteiger partial charge in [-0.2, -0.15) is 0 Å². The quantitative estimate of drug-likeness (QED) is 0.770. The summed E-state index contributed by atoms with van der Waals surface area (Å²) in [7, 11) is 0. The number of rotatable bonds is 2. The van der Waals surface area contributed by atoms with E-state index in [0.29, 0.717) is 31.5 Å². The molecule has 0 aromatic heterocycles. The third-order valence-corrected chi connectivity index (χ3v) is 3.95. The van der Waals surface area contributed by atoms with E-state index in [1.807, 2.05) is 0 Å². The van der Waals surface area contributed by atoms with Gasteiger partial charge in [-0.15, -0.1) is 0 Å². The molecule has 2 aromatic rings. The number of hydrogen-bond acceptors (Lipinski definition) is 2. The molecule has 0 heterocycles. The average molecular weight is 360 g/mol. The highest BCUT2D eigenvalue weighted by Crippen LogP contribution is 2.30. The van der Waals surface area contributed by atoms with Crippen LogP contribution in [0.25, 0.3) is 0 Å². The maximum absolute atomic E-state index is 12.2. The Balaban J connectivity index is 2.31. The molecule has 0 aliphatic carbocycles. The highest BCUT2D eigenvalue weighted by Gasteiger charge is 2.13. The van der Waals surface area contributed by atoms with E-state index in [-0.39, 0.29) is 5.91 Å². The fraction of sp³-hybridized carbons (Fsp3) is 0. The van der Waals surface area contributed by atoms with Gasteiger partial charge >= 0.3 is 0 Å². The lowest BCUT2D eigenvalue weighted by Gasteiger charge is -2.09. The molecule has 19 heavy (non-hydrogen) atoms. The van der Waals surface area contributed by atoms with Crippen molar-refractivity contribution in [2.24, 2.45) is 0 Å². The topological polar surface area (TPSA) is 55.1 Å². The molecule has 0 saturated heterocycles. The summed E-state index contributed by atoms with van der Waals surface area (Å²) in [6, 6.07) is 10.0. The molecular formula is C13H9BrCl2N2O. The van der Waals surface area contributed by atoms with E-state index >= 15 is 0 Å². The van der Waals surface area contributed by atoms with Crippen molar-refractivity contribution in [2.45, 2.75) is 0 Å². The first kappa shape index (κ1) is 14.2. The van der Waals surface area contributed by atoms with Gasteiger partial charge in [-0.25, -0.2) is 0 Å². The van der Waals surface area contributed by atoms with Crippen molar-refractivity contribution in [3.63, 3.8) is 0 Å². The van der Waals surface area contributed by atoms with Crippen LogP contribution in [0.15, 0.2) is 40.9 Å². The smallest absolute Gasteiger partial charge is 0.256 e. The molecule has 98 valence electrons. The number of carbonyl (C=O) groups is 1. The minimum absolute atomic E-state index is 0.303. The van der Waals surface area contributed by atoms with E-state index in [1.54, 1.807) is 36.4 Å². The zero-order valence-electron chi connectivity index (χ0n) is 9.58.